The van der Waals surface area contributed by atoms with Crippen LogP contribution in [0.1, 0.15) is 27.5 Å². The van der Waals surface area contributed by atoms with Crippen LogP contribution in [0.5, 0.6) is 17.2 Å². The highest BCUT2D eigenvalue weighted by Crippen LogP contribution is 2.54. The van der Waals surface area contributed by atoms with Crippen LogP contribution in [0.4, 0.5) is 5.69 Å². The highest BCUT2D eigenvalue weighted by molar-refractivity contribution is 6.25. The molecule has 2 saturated heterocycles. The fourth-order valence-electron chi connectivity index (χ4n) is 6.07. The van der Waals surface area contributed by atoms with Crippen LogP contribution in [0.25, 0.3) is 6.08 Å². The van der Waals surface area contributed by atoms with Gasteiger partial charge in [-0.25, -0.2) is 4.90 Å². The summed E-state index contributed by atoms with van der Waals surface area (Å²) in [6.45, 7) is 0. The predicted molar refractivity (Wildman–Crippen MR) is 140 cm³/mol. The SMILES string of the molecule is COc1ccc(C(=O)[C@@H]2[C@@H]3C(=O)N(c4ccccc4OC)C(=O)[C@@H]3[C@H]3c4ccccc4C=CN23)cc1OC. The number of nitrogens with zero attached hydrogens (tertiary/aromatic N) is 2. The predicted octanol–water partition coefficient (Wildman–Crippen LogP) is 4.11. The molecule has 2 amide bonds. The Kier molecular flexibility index (Phi) is 5.67. The van der Waals surface area contributed by atoms with Gasteiger partial charge in [0.25, 0.3) is 0 Å². The molecular weight excluding hydrogens is 484 g/mol. The Morgan fingerprint density at radius 1 is 0.763 bits per heavy atom. The van der Waals surface area contributed by atoms with Gasteiger partial charge in [0, 0.05) is 11.8 Å². The summed E-state index contributed by atoms with van der Waals surface area (Å²) in [6.07, 6.45) is 3.76. The zero-order valence-electron chi connectivity index (χ0n) is 21.2. The highest BCUT2D eigenvalue weighted by atomic mass is 16.5. The molecule has 0 bridgehead atoms. The molecule has 6 rings (SSSR count). The standard InChI is InChI=1S/C30H26N2O6/c1-36-21-11-7-6-10-20(21)32-29(34)24-25(30(32)35)27(28(33)18-12-13-22(37-2)23(16-18)38-3)31-15-14-17-8-4-5-9-19(17)26(24)31/h4-16,24-27H,1-3H3/t24-,25+,26+,27-/m0/s1. The number of ketones is 1. The van der Waals surface area contributed by atoms with Crippen LogP contribution >= 0.6 is 0 Å². The Hall–Kier alpha value is -4.59. The number of hydrogen-bond acceptors (Lipinski definition) is 7. The Bertz CT molecular complexity index is 1500. The van der Waals surface area contributed by atoms with Gasteiger partial charge in [-0.2, -0.15) is 0 Å². The normalized spacial score (nSPS) is 23.1. The van der Waals surface area contributed by atoms with Crippen LogP contribution in [0.2, 0.25) is 0 Å². The molecule has 3 aliphatic heterocycles. The lowest BCUT2D eigenvalue weighted by Gasteiger charge is -2.35. The zero-order valence-corrected chi connectivity index (χ0v) is 21.2. The summed E-state index contributed by atoms with van der Waals surface area (Å²) in [5.74, 6) is -1.33. The zero-order chi connectivity index (χ0) is 26.6. The Morgan fingerprint density at radius 3 is 2.21 bits per heavy atom. The number of fused-ring (bicyclic) bond motifs is 5. The molecule has 0 saturated carbocycles. The minimum Gasteiger partial charge on any atom is -0.495 e. The Balaban J connectivity index is 1.49. The molecule has 0 radical (unpaired) electrons. The van der Waals surface area contributed by atoms with Gasteiger partial charge < -0.3 is 19.1 Å². The van der Waals surface area contributed by atoms with Gasteiger partial charge in [0.1, 0.15) is 11.8 Å². The van der Waals surface area contributed by atoms with Gasteiger partial charge in [-0.3, -0.25) is 14.4 Å². The molecule has 2 fully saturated rings. The van der Waals surface area contributed by atoms with Gasteiger partial charge in [0.05, 0.1) is 44.9 Å². The third kappa shape index (κ3) is 3.33. The van der Waals surface area contributed by atoms with Crippen molar-refractivity contribution < 1.29 is 28.6 Å². The Labute approximate surface area is 220 Å². The van der Waals surface area contributed by atoms with Crippen LogP contribution < -0.4 is 19.1 Å². The van der Waals surface area contributed by atoms with Gasteiger partial charge in [0.2, 0.25) is 11.8 Å². The molecular formula is C30H26N2O6. The summed E-state index contributed by atoms with van der Waals surface area (Å²) in [6, 6.07) is 18.3. The maximum Gasteiger partial charge on any atom is 0.240 e. The van der Waals surface area contributed by atoms with Crippen molar-refractivity contribution in [2.45, 2.75) is 12.1 Å². The van der Waals surface area contributed by atoms with E-state index in [1.54, 1.807) is 42.5 Å². The van der Waals surface area contributed by atoms with Crippen molar-refractivity contribution in [3.05, 3.63) is 89.6 Å². The maximum atomic E-state index is 14.2. The van der Waals surface area contributed by atoms with E-state index in [9.17, 15) is 14.4 Å². The molecule has 0 unspecified atom stereocenters. The van der Waals surface area contributed by atoms with E-state index in [0.29, 0.717) is 28.5 Å². The van der Waals surface area contributed by atoms with E-state index in [1.165, 1.54) is 26.2 Å². The van der Waals surface area contributed by atoms with Crippen LogP contribution in [-0.4, -0.2) is 49.9 Å². The minimum absolute atomic E-state index is 0.268. The van der Waals surface area contributed by atoms with Crippen molar-refractivity contribution in [2.24, 2.45) is 11.8 Å². The van der Waals surface area contributed by atoms with E-state index in [1.807, 2.05) is 41.4 Å². The minimum atomic E-state index is -0.885. The smallest absolute Gasteiger partial charge is 0.240 e. The van der Waals surface area contributed by atoms with Crippen molar-refractivity contribution in [3.8, 4) is 17.2 Å². The van der Waals surface area contributed by atoms with Gasteiger partial charge in [0.15, 0.2) is 17.3 Å². The number of amides is 2. The van der Waals surface area contributed by atoms with E-state index in [2.05, 4.69) is 0 Å². The molecule has 8 nitrogen and oxygen atoms in total. The third-order valence-corrected chi connectivity index (χ3v) is 7.72. The number of carbonyl (C=O) groups is 3. The van der Waals surface area contributed by atoms with Gasteiger partial charge in [-0.1, -0.05) is 36.4 Å². The molecule has 3 aromatic carbocycles. The van der Waals surface area contributed by atoms with Crippen LogP contribution in [0, 0.1) is 11.8 Å². The molecule has 4 atom stereocenters. The number of ether oxygens (including phenoxy) is 3. The number of benzene rings is 3. The summed E-state index contributed by atoms with van der Waals surface area (Å²) in [7, 11) is 4.52. The summed E-state index contributed by atoms with van der Waals surface area (Å²) in [4.78, 5) is 45.4. The first kappa shape index (κ1) is 23.8. The topological polar surface area (TPSA) is 85.4 Å². The van der Waals surface area contributed by atoms with E-state index < -0.39 is 29.8 Å². The molecule has 38 heavy (non-hydrogen) atoms. The molecule has 3 heterocycles. The highest BCUT2D eigenvalue weighted by Gasteiger charge is 2.64. The first-order valence-electron chi connectivity index (χ1n) is 12.3. The number of para-hydroxylation sites is 2. The summed E-state index contributed by atoms with van der Waals surface area (Å²) in [5, 5.41) is 0. The average molecular weight is 511 g/mol. The fraction of sp³-hybridized carbons (Fsp3) is 0.233. The molecule has 3 aliphatic rings. The molecule has 3 aromatic rings. The average Bonchev–Trinajstić information content (AvgIpc) is 3.44. The quantitative estimate of drug-likeness (QED) is 0.364. The van der Waals surface area contributed by atoms with Crippen molar-refractivity contribution >= 4 is 29.4 Å². The lowest BCUT2D eigenvalue weighted by molar-refractivity contribution is -0.123. The lowest BCUT2D eigenvalue weighted by Crippen LogP contribution is -2.44. The fourth-order valence-corrected chi connectivity index (χ4v) is 6.07. The lowest BCUT2D eigenvalue weighted by atomic mass is 9.83. The second-order valence-corrected chi connectivity index (χ2v) is 9.45. The molecule has 0 aliphatic carbocycles. The van der Waals surface area contributed by atoms with E-state index in [0.717, 1.165) is 11.1 Å². The van der Waals surface area contributed by atoms with Gasteiger partial charge in [-0.05, 0) is 47.5 Å². The molecule has 0 spiro atoms. The van der Waals surface area contributed by atoms with Gasteiger partial charge >= 0.3 is 0 Å². The van der Waals surface area contributed by atoms with Crippen LogP contribution in [0.15, 0.2) is 72.9 Å². The second-order valence-electron chi connectivity index (χ2n) is 9.45. The number of imide groups is 1. The van der Waals surface area contributed by atoms with Gasteiger partial charge in [-0.15, -0.1) is 0 Å². The number of rotatable bonds is 6. The molecule has 0 aromatic heterocycles. The van der Waals surface area contributed by atoms with Crippen LogP contribution in [-0.2, 0) is 9.59 Å². The molecule has 8 heteroatoms. The van der Waals surface area contributed by atoms with Crippen molar-refractivity contribution in [2.75, 3.05) is 26.2 Å². The van der Waals surface area contributed by atoms with Crippen molar-refractivity contribution in [3.63, 3.8) is 0 Å². The summed E-state index contributed by atoms with van der Waals surface area (Å²) < 4.78 is 16.2. The first-order chi connectivity index (χ1) is 18.5. The number of hydrogen-bond donors (Lipinski definition) is 0. The monoisotopic (exact) mass is 510 g/mol. The van der Waals surface area contributed by atoms with E-state index in [4.69, 9.17) is 14.2 Å². The second kappa shape index (κ2) is 9.06. The largest absolute Gasteiger partial charge is 0.495 e. The third-order valence-electron chi connectivity index (χ3n) is 7.72. The summed E-state index contributed by atoms with van der Waals surface area (Å²) in [5.41, 5.74) is 2.62. The van der Waals surface area contributed by atoms with E-state index in [-0.39, 0.29) is 11.7 Å². The van der Waals surface area contributed by atoms with Crippen molar-refractivity contribution in [1.29, 1.82) is 0 Å². The van der Waals surface area contributed by atoms with Crippen LogP contribution in [0.3, 0.4) is 0 Å². The molecule has 192 valence electrons. The number of carbonyl (C=O) groups excluding carboxylic acids is 3. The number of Topliss-reactive ketones (excluding diaryl/α,β-unsaturated/α-hetero) is 1. The van der Waals surface area contributed by atoms with E-state index >= 15 is 0 Å². The summed E-state index contributed by atoms with van der Waals surface area (Å²) >= 11 is 0. The number of anilines is 1. The maximum absolute atomic E-state index is 14.2. The molecule has 0 N–H and O–H groups in total. The van der Waals surface area contributed by atoms with Crippen molar-refractivity contribution in [1.82, 2.24) is 4.90 Å². The first-order valence-corrected chi connectivity index (χ1v) is 12.3. The number of methoxy groups -OCH3 is 3. The Morgan fingerprint density at radius 2 is 1.45 bits per heavy atom.